The Balaban J connectivity index is 1.52. The third-order valence-electron chi connectivity index (χ3n) is 3.67. The highest BCUT2D eigenvalue weighted by molar-refractivity contribution is 7.15. The summed E-state index contributed by atoms with van der Waals surface area (Å²) < 4.78 is 10.8. The number of benzene rings is 1. The first kappa shape index (κ1) is 18.2. The molecule has 2 N–H and O–H groups in total. The van der Waals surface area contributed by atoms with Crippen LogP contribution in [0.2, 0.25) is 0 Å². The highest BCUT2D eigenvalue weighted by Gasteiger charge is 2.18. The van der Waals surface area contributed by atoms with Gasteiger partial charge in [-0.3, -0.25) is 4.79 Å². The summed E-state index contributed by atoms with van der Waals surface area (Å²) in [5.74, 6) is 0.990. The molecule has 26 heavy (non-hydrogen) atoms. The molecular formula is C19H20N2O4S. The second kappa shape index (κ2) is 8.16. The Kier molecular flexibility index (Phi) is 5.70. The number of hydrogen-bond donors (Lipinski definition) is 2. The monoisotopic (exact) mass is 372 g/mol. The summed E-state index contributed by atoms with van der Waals surface area (Å²) in [6, 6.07) is 11.1. The van der Waals surface area contributed by atoms with Crippen LogP contribution in [0.15, 0.2) is 47.1 Å². The van der Waals surface area contributed by atoms with Crippen LogP contribution in [0.3, 0.4) is 0 Å². The number of rotatable bonds is 7. The van der Waals surface area contributed by atoms with Gasteiger partial charge in [0.1, 0.15) is 24.2 Å². The van der Waals surface area contributed by atoms with Crippen molar-refractivity contribution in [2.45, 2.75) is 20.0 Å². The van der Waals surface area contributed by atoms with Crippen molar-refractivity contribution >= 4 is 17.2 Å². The van der Waals surface area contributed by atoms with Crippen LogP contribution in [-0.2, 0) is 0 Å². The van der Waals surface area contributed by atoms with Crippen LogP contribution in [0.1, 0.15) is 20.9 Å². The minimum Gasteiger partial charge on any atom is -0.491 e. The van der Waals surface area contributed by atoms with E-state index in [4.69, 9.17) is 9.15 Å². The van der Waals surface area contributed by atoms with E-state index in [1.54, 1.807) is 18.4 Å². The molecule has 0 spiro atoms. The Bertz CT molecular complexity index is 874. The largest absolute Gasteiger partial charge is 0.491 e. The zero-order valence-corrected chi connectivity index (χ0v) is 15.4. The first-order valence-corrected chi connectivity index (χ1v) is 9.01. The Morgan fingerprint density at radius 2 is 2.19 bits per heavy atom. The van der Waals surface area contributed by atoms with Gasteiger partial charge in [-0.1, -0.05) is 12.1 Å². The molecule has 2 heterocycles. The number of aryl methyl sites for hydroxylation is 2. The van der Waals surface area contributed by atoms with Gasteiger partial charge in [0.2, 0.25) is 0 Å². The second-order valence-electron chi connectivity index (χ2n) is 5.89. The van der Waals surface area contributed by atoms with E-state index in [9.17, 15) is 9.90 Å². The number of aromatic nitrogens is 1. The van der Waals surface area contributed by atoms with Gasteiger partial charge in [0, 0.05) is 11.4 Å². The summed E-state index contributed by atoms with van der Waals surface area (Å²) >= 11 is 1.39. The molecule has 7 heteroatoms. The van der Waals surface area contributed by atoms with Gasteiger partial charge in [-0.05, 0) is 43.7 Å². The molecule has 2 aromatic heterocycles. The molecule has 0 radical (unpaired) electrons. The molecule has 6 nitrogen and oxygen atoms in total. The van der Waals surface area contributed by atoms with E-state index in [0.29, 0.717) is 22.2 Å². The summed E-state index contributed by atoms with van der Waals surface area (Å²) in [5.41, 5.74) is 1.42. The molecule has 1 amide bonds. The molecule has 0 aliphatic rings. The van der Waals surface area contributed by atoms with Crippen LogP contribution in [-0.4, -0.2) is 35.3 Å². The number of nitrogens with zero attached hydrogens (tertiary/aromatic N) is 1. The maximum absolute atomic E-state index is 12.3. The molecular weight excluding hydrogens is 352 g/mol. The zero-order chi connectivity index (χ0) is 18.5. The van der Waals surface area contributed by atoms with E-state index in [-0.39, 0.29) is 19.1 Å². The molecule has 0 saturated carbocycles. The molecule has 3 rings (SSSR count). The van der Waals surface area contributed by atoms with Crippen molar-refractivity contribution in [3.05, 3.63) is 58.8 Å². The number of nitrogens with one attached hydrogen (secondary N) is 1. The molecule has 0 bridgehead atoms. The van der Waals surface area contributed by atoms with E-state index in [0.717, 1.165) is 10.4 Å². The van der Waals surface area contributed by atoms with Crippen molar-refractivity contribution in [2.24, 2.45) is 0 Å². The second-order valence-corrected chi connectivity index (χ2v) is 7.10. The van der Waals surface area contributed by atoms with Crippen molar-refractivity contribution in [3.63, 3.8) is 0 Å². The van der Waals surface area contributed by atoms with Gasteiger partial charge in [-0.15, -0.1) is 11.3 Å². The molecule has 3 aromatic rings. The summed E-state index contributed by atoms with van der Waals surface area (Å²) in [4.78, 5) is 17.4. The first-order valence-electron chi connectivity index (χ1n) is 8.20. The van der Waals surface area contributed by atoms with Crippen LogP contribution in [0, 0.1) is 13.8 Å². The van der Waals surface area contributed by atoms with Crippen LogP contribution < -0.4 is 10.1 Å². The molecule has 0 fully saturated rings. The lowest BCUT2D eigenvalue weighted by molar-refractivity contribution is 0.0840. The minimum atomic E-state index is -0.817. The predicted molar refractivity (Wildman–Crippen MR) is 99.6 cm³/mol. The molecule has 1 atom stereocenters. The number of carbonyl (C=O) groups is 1. The highest BCUT2D eigenvalue weighted by atomic mass is 32.1. The Labute approximate surface area is 155 Å². The lowest BCUT2D eigenvalue weighted by Gasteiger charge is -2.13. The number of amides is 1. The maximum atomic E-state index is 12.3. The van der Waals surface area contributed by atoms with Gasteiger partial charge in [-0.25, -0.2) is 4.98 Å². The number of hydrogen-bond acceptors (Lipinski definition) is 6. The third kappa shape index (κ3) is 4.50. The molecule has 136 valence electrons. The molecule has 1 unspecified atom stereocenters. The Morgan fingerprint density at radius 1 is 1.35 bits per heavy atom. The smallest absolute Gasteiger partial charge is 0.271 e. The van der Waals surface area contributed by atoms with Crippen molar-refractivity contribution < 1.29 is 19.1 Å². The highest BCUT2D eigenvalue weighted by Crippen LogP contribution is 2.27. The number of carbonyl (C=O) groups excluding carboxylic acids is 1. The topological polar surface area (TPSA) is 84.6 Å². The number of furan rings is 1. The normalized spacial score (nSPS) is 12.0. The molecule has 0 aliphatic heterocycles. The van der Waals surface area contributed by atoms with E-state index in [1.165, 1.54) is 11.3 Å². The van der Waals surface area contributed by atoms with E-state index >= 15 is 0 Å². The van der Waals surface area contributed by atoms with Crippen molar-refractivity contribution in [2.75, 3.05) is 13.2 Å². The fraction of sp³-hybridized carbons (Fsp3) is 0.263. The van der Waals surface area contributed by atoms with Gasteiger partial charge in [0.05, 0.1) is 6.26 Å². The van der Waals surface area contributed by atoms with Crippen LogP contribution in [0.4, 0.5) is 0 Å². The van der Waals surface area contributed by atoms with Crippen molar-refractivity contribution in [3.8, 4) is 16.5 Å². The summed E-state index contributed by atoms with van der Waals surface area (Å²) in [7, 11) is 0. The summed E-state index contributed by atoms with van der Waals surface area (Å²) in [6.45, 7) is 3.97. The molecule has 1 aromatic carbocycles. The van der Waals surface area contributed by atoms with E-state index in [1.807, 2.05) is 38.1 Å². The lowest BCUT2D eigenvalue weighted by atomic mass is 10.2. The van der Waals surface area contributed by atoms with E-state index < -0.39 is 6.10 Å². The Morgan fingerprint density at radius 3 is 2.92 bits per heavy atom. The summed E-state index contributed by atoms with van der Waals surface area (Å²) in [6.07, 6.45) is 0.749. The van der Waals surface area contributed by atoms with E-state index in [2.05, 4.69) is 10.3 Å². The fourth-order valence-corrected chi connectivity index (χ4v) is 3.24. The van der Waals surface area contributed by atoms with Gasteiger partial charge in [0.25, 0.3) is 5.91 Å². The van der Waals surface area contributed by atoms with Gasteiger partial charge < -0.3 is 19.6 Å². The fourth-order valence-electron chi connectivity index (χ4n) is 2.36. The van der Waals surface area contributed by atoms with Gasteiger partial charge in [-0.2, -0.15) is 0 Å². The first-order chi connectivity index (χ1) is 12.5. The number of aliphatic hydroxyl groups is 1. The van der Waals surface area contributed by atoms with Gasteiger partial charge >= 0.3 is 0 Å². The number of thiazole rings is 1. The average molecular weight is 372 g/mol. The van der Waals surface area contributed by atoms with Crippen molar-refractivity contribution in [1.29, 1.82) is 0 Å². The number of aliphatic hydroxyl groups excluding tert-OH is 1. The SMILES string of the molecule is Cc1cccc(OCC(O)CNC(=O)c2nc(-c3ccco3)sc2C)c1. The minimum absolute atomic E-state index is 0.0811. The third-order valence-corrected chi connectivity index (χ3v) is 4.66. The number of ether oxygens (including phenoxy) is 1. The molecule has 0 aliphatic carbocycles. The standard InChI is InChI=1S/C19H20N2O4S/c1-12-5-3-6-15(9-12)25-11-14(22)10-20-18(23)17-13(2)26-19(21-17)16-7-4-8-24-16/h3-9,14,22H,10-11H2,1-2H3,(H,20,23). The quantitative estimate of drug-likeness (QED) is 0.665. The van der Waals surface area contributed by atoms with Crippen molar-refractivity contribution in [1.82, 2.24) is 10.3 Å². The van der Waals surface area contributed by atoms with Gasteiger partial charge in [0.15, 0.2) is 10.8 Å². The average Bonchev–Trinajstić information content (AvgIpc) is 3.27. The maximum Gasteiger partial charge on any atom is 0.271 e. The van der Waals surface area contributed by atoms with Crippen LogP contribution >= 0.6 is 11.3 Å². The summed E-state index contributed by atoms with van der Waals surface area (Å²) in [5, 5.41) is 13.4. The zero-order valence-electron chi connectivity index (χ0n) is 14.6. The predicted octanol–water partition coefficient (Wildman–Crippen LogP) is 3.19. The van der Waals surface area contributed by atoms with Crippen LogP contribution in [0.25, 0.3) is 10.8 Å². The lowest BCUT2D eigenvalue weighted by Crippen LogP contribution is -2.35. The Hall–Kier alpha value is -2.64. The van der Waals surface area contributed by atoms with Crippen LogP contribution in [0.5, 0.6) is 5.75 Å². The molecule has 0 saturated heterocycles.